The highest BCUT2D eigenvalue weighted by molar-refractivity contribution is 6.04. The standard InChI is InChI=1S/C7H11N3O2.C2HF3O2/c1-9-6(11)5-4-8-2-3-10(5)7(9)12;3-2(4,5)1(6)7/h5,8H,2-4H2,1H3;(H,6,7). The summed E-state index contributed by atoms with van der Waals surface area (Å²) >= 11 is 0. The van der Waals surface area contributed by atoms with Gasteiger partial charge in [0.1, 0.15) is 6.04 Å². The molecule has 0 aliphatic carbocycles. The predicted octanol–water partition coefficient (Wildman–Crippen LogP) is -0.514. The first-order chi connectivity index (χ1) is 8.66. The van der Waals surface area contributed by atoms with Crippen LogP contribution in [0, 0.1) is 0 Å². The van der Waals surface area contributed by atoms with Crippen molar-refractivity contribution in [3.05, 3.63) is 0 Å². The van der Waals surface area contributed by atoms with E-state index in [0.29, 0.717) is 13.1 Å². The van der Waals surface area contributed by atoms with Crippen LogP contribution in [-0.2, 0) is 9.59 Å². The number of hydrogen-bond acceptors (Lipinski definition) is 4. The van der Waals surface area contributed by atoms with E-state index in [-0.39, 0.29) is 18.0 Å². The first-order valence-electron chi connectivity index (χ1n) is 5.25. The average Bonchev–Trinajstić information content (AvgIpc) is 2.55. The third kappa shape index (κ3) is 3.34. The maximum atomic E-state index is 11.4. The number of nitrogens with zero attached hydrogens (tertiary/aromatic N) is 2. The second-order valence-corrected chi connectivity index (χ2v) is 3.90. The topological polar surface area (TPSA) is 90.0 Å². The van der Waals surface area contributed by atoms with Crippen LogP contribution in [0.25, 0.3) is 0 Å². The number of piperazine rings is 1. The van der Waals surface area contributed by atoms with Crippen LogP contribution in [0.1, 0.15) is 0 Å². The molecule has 108 valence electrons. The summed E-state index contributed by atoms with van der Waals surface area (Å²) in [5.74, 6) is -2.85. The third-order valence-corrected chi connectivity index (χ3v) is 2.63. The number of aliphatic carboxylic acids is 1. The smallest absolute Gasteiger partial charge is 0.475 e. The molecule has 2 aliphatic heterocycles. The molecular weight excluding hydrogens is 271 g/mol. The quantitative estimate of drug-likeness (QED) is 0.584. The van der Waals surface area contributed by atoms with E-state index >= 15 is 0 Å². The fourth-order valence-electron chi connectivity index (χ4n) is 1.66. The van der Waals surface area contributed by atoms with E-state index in [0.717, 1.165) is 6.54 Å². The summed E-state index contributed by atoms with van der Waals surface area (Å²) in [4.78, 5) is 34.4. The molecule has 0 aromatic carbocycles. The molecule has 7 nitrogen and oxygen atoms in total. The minimum atomic E-state index is -5.08. The van der Waals surface area contributed by atoms with E-state index in [2.05, 4.69) is 5.32 Å². The van der Waals surface area contributed by atoms with Crippen LogP contribution in [0.15, 0.2) is 0 Å². The Morgan fingerprint density at radius 2 is 1.95 bits per heavy atom. The van der Waals surface area contributed by atoms with Gasteiger partial charge in [-0.3, -0.25) is 9.69 Å². The Balaban J connectivity index is 0.000000224. The Hall–Kier alpha value is -1.84. The fourth-order valence-corrected chi connectivity index (χ4v) is 1.66. The van der Waals surface area contributed by atoms with Gasteiger partial charge >= 0.3 is 18.2 Å². The molecule has 2 saturated heterocycles. The maximum absolute atomic E-state index is 11.4. The Morgan fingerprint density at radius 1 is 1.42 bits per heavy atom. The normalized spacial score (nSPS) is 22.8. The van der Waals surface area contributed by atoms with Crippen molar-refractivity contribution in [2.45, 2.75) is 12.2 Å². The van der Waals surface area contributed by atoms with Crippen LogP contribution >= 0.6 is 0 Å². The number of amides is 3. The number of halogens is 3. The zero-order chi connectivity index (χ0) is 14.8. The van der Waals surface area contributed by atoms with Crippen LogP contribution in [0.5, 0.6) is 0 Å². The van der Waals surface area contributed by atoms with Crippen molar-refractivity contribution in [1.82, 2.24) is 15.1 Å². The van der Waals surface area contributed by atoms with E-state index in [1.54, 1.807) is 4.90 Å². The Morgan fingerprint density at radius 3 is 2.37 bits per heavy atom. The molecule has 0 aromatic heterocycles. The summed E-state index contributed by atoms with van der Waals surface area (Å²) in [5.41, 5.74) is 0. The molecule has 0 aromatic rings. The van der Waals surface area contributed by atoms with Crippen LogP contribution in [0.3, 0.4) is 0 Å². The Labute approximate surface area is 105 Å². The summed E-state index contributed by atoms with van der Waals surface area (Å²) in [6.07, 6.45) is -5.08. The number of urea groups is 1. The maximum Gasteiger partial charge on any atom is 0.490 e. The van der Waals surface area contributed by atoms with Gasteiger partial charge in [0.15, 0.2) is 0 Å². The van der Waals surface area contributed by atoms with Crippen molar-refractivity contribution >= 4 is 17.9 Å². The molecule has 2 fully saturated rings. The second kappa shape index (κ2) is 5.43. The van der Waals surface area contributed by atoms with Crippen LogP contribution in [-0.4, -0.2) is 71.7 Å². The number of likely N-dealkylation sites (N-methyl/N-ethyl adjacent to an activating group) is 1. The van der Waals surface area contributed by atoms with E-state index in [1.807, 2.05) is 0 Å². The number of carboxylic acid groups (broad SMARTS) is 1. The molecule has 0 radical (unpaired) electrons. The molecule has 1 unspecified atom stereocenters. The highest BCUT2D eigenvalue weighted by atomic mass is 19.4. The summed E-state index contributed by atoms with van der Waals surface area (Å²) < 4.78 is 31.7. The second-order valence-electron chi connectivity index (χ2n) is 3.90. The number of hydrogen-bond donors (Lipinski definition) is 2. The molecule has 1 atom stereocenters. The molecular formula is C9H12F3N3O4. The minimum Gasteiger partial charge on any atom is -0.475 e. The third-order valence-electron chi connectivity index (χ3n) is 2.63. The fraction of sp³-hybridized carbons (Fsp3) is 0.667. The van der Waals surface area contributed by atoms with Crippen LogP contribution < -0.4 is 5.32 Å². The van der Waals surface area contributed by atoms with Gasteiger partial charge < -0.3 is 15.3 Å². The summed E-state index contributed by atoms with van der Waals surface area (Å²) in [5, 5.41) is 10.2. The molecule has 2 rings (SSSR count). The molecule has 0 saturated carbocycles. The lowest BCUT2D eigenvalue weighted by Crippen LogP contribution is -2.51. The molecule has 2 N–H and O–H groups in total. The van der Waals surface area contributed by atoms with Gasteiger partial charge in [0.05, 0.1) is 0 Å². The zero-order valence-corrected chi connectivity index (χ0v) is 9.90. The first kappa shape index (κ1) is 15.2. The minimum absolute atomic E-state index is 0.0906. The van der Waals surface area contributed by atoms with Crippen molar-refractivity contribution in [2.75, 3.05) is 26.7 Å². The van der Waals surface area contributed by atoms with Gasteiger partial charge in [-0.25, -0.2) is 9.59 Å². The van der Waals surface area contributed by atoms with Gasteiger partial charge in [-0.15, -0.1) is 0 Å². The number of carbonyl (C=O) groups excluding carboxylic acids is 2. The molecule has 2 heterocycles. The molecule has 0 spiro atoms. The van der Waals surface area contributed by atoms with Crippen LogP contribution in [0.2, 0.25) is 0 Å². The molecule has 19 heavy (non-hydrogen) atoms. The Kier molecular flexibility index (Phi) is 4.35. The molecule has 3 amide bonds. The van der Waals surface area contributed by atoms with Gasteiger partial charge in [0.25, 0.3) is 5.91 Å². The molecule has 0 bridgehead atoms. The summed E-state index contributed by atoms with van der Waals surface area (Å²) in [6.45, 7) is 2.01. The lowest BCUT2D eigenvalue weighted by atomic mass is 10.2. The molecule has 2 aliphatic rings. The van der Waals surface area contributed by atoms with Crippen molar-refractivity contribution in [1.29, 1.82) is 0 Å². The van der Waals surface area contributed by atoms with E-state index < -0.39 is 12.1 Å². The van der Waals surface area contributed by atoms with Gasteiger partial charge in [-0.2, -0.15) is 13.2 Å². The van der Waals surface area contributed by atoms with Crippen LogP contribution in [0.4, 0.5) is 18.0 Å². The number of nitrogens with one attached hydrogen (secondary N) is 1. The van der Waals surface area contributed by atoms with Crippen molar-refractivity contribution < 1.29 is 32.7 Å². The SMILES string of the molecule is CN1C(=O)C2CNCCN2C1=O.O=C(O)C(F)(F)F. The first-order valence-corrected chi connectivity index (χ1v) is 5.25. The lowest BCUT2D eigenvalue weighted by molar-refractivity contribution is -0.192. The number of imide groups is 1. The largest absolute Gasteiger partial charge is 0.490 e. The highest BCUT2D eigenvalue weighted by Crippen LogP contribution is 2.16. The van der Waals surface area contributed by atoms with Crippen molar-refractivity contribution in [3.8, 4) is 0 Å². The number of fused-ring (bicyclic) bond motifs is 1. The van der Waals surface area contributed by atoms with E-state index in [1.165, 1.54) is 11.9 Å². The van der Waals surface area contributed by atoms with Crippen molar-refractivity contribution in [3.63, 3.8) is 0 Å². The van der Waals surface area contributed by atoms with Gasteiger partial charge in [-0.1, -0.05) is 0 Å². The summed E-state index contributed by atoms with van der Waals surface area (Å²) in [6, 6.07) is -0.414. The van der Waals surface area contributed by atoms with Crippen molar-refractivity contribution in [2.24, 2.45) is 0 Å². The highest BCUT2D eigenvalue weighted by Gasteiger charge is 2.43. The number of carboxylic acids is 1. The Bertz CT molecular complexity index is 375. The monoisotopic (exact) mass is 283 g/mol. The van der Waals surface area contributed by atoms with Gasteiger partial charge in [0, 0.05) is 26.7 Å². The lowest BCUT2D eigenvalue weighted by Gasteiger charge is -2.26. The number of carbonyl (C=O) groups is 3. The number of rotatable bonds is 0. The van der Waals surface area contributed by atoms with E-state index in [4.69, 9.17) is 9.90 Å². The number of alkyl halides is 3. The average molecular weight is 283 g/mol. The van der Waals surface area contributed by atoms with E-state index in [9.17, 15) is 22.8 Å². The summed E-state index contributed by atoms with van der Waals surface area (Å²) in [7, 11) is 1.53. The molecule has 10 heteroatoms. The predicted molar refractivity (Wildman–Crippen MR) is 55.2 cm³/mol. The van der Waals surface area contributed by atoms with Gasteiger partial charge in [0.2, 0.25) is 0 Å². The van der Waals surface area contributed by atoms with Gasteiger partial charge in [-0.05, 0) is 0 Å². The zero-order valence-electron chi connectivity index (χ0n) is 9.90.